The van der Waals surface area contributed by atoms with Crippen molar-refractivity contribution in [3.05, 3.63) is 33.4 Å². The first-order chi connectivity index (χ1) is 15.7. The van der Waals surface area contributed by atoms with E-state index in [-0.39, 0.29) is 36.7 Å². The molecule has 1 saturated heterocycles. The number of allylic oxidation sites excluding steroid dienone is 2. The zero-order valence-electron chi connectivity index (χ0n) is 19.1. The first-order valence-corrected chi connectivity index (χ1v) is 12.2. The summed E-state index contributed by atoms with van der Waals surface area (Å²) < 4.78 is 23.2. The molecule has 1 aliphatic carbocycles. The third-order valence-electron chi connectivity index (χ3n) is 6.82. The Hall–Kier alpha value is -2.19. The SMILES string of the molecule is CC1=NC2=C(C(=O)CC(C)(C)C2)[C@@H](c2cc3c(cc2Br)OCO3)C1C(=O)OC[C@H]1CCCO1. The maximum absolute atomic E-state index is 13.4. The number of hydrogen-bond donors (Lipinski definition) is 0. The molecule has 1 fully saturated rings. The maximum Gasteiger partial charge on any atom is 0.315 e. The van der Waals surface area contributed by atoms with Crippen LogP contribution in [0.5, 0.6) is 11.5 Å². The summed E-state index contributed by atoms with van der Waals surface area (Å²) in [6.07, 6.45) is 2.88. The molecule has 7 nitrogen and oxygen atoms in total. The van der Waals surface area contributed by atoms with Crippen LogP contribution >= 0.6 is 15.9 Å². The van der Waals surface area contributed by atoms with Crippen LogP contribution in [0.15, 0.2) is 32.9 Å². The Morgan fingerprint density at radius 3 is 2.73 bits per heavy atom. The van der Waals surface area contributed by atoms with E-state index >= 15 is 0 Å². The number of esters is 1. The van der Waals surface area contributed by atoms with Gasteiger partial charge in [-0.2, -0.15) is 0 Å². The minimum absolute atomic E-state index is 0.0315. The van der Waals surface area contributed by atoms with Gasteiger partial charge in [0, 0.05) is 40.4 Å². The molecule has 1 unspecified atom stereocenters. The lowest BCUT2D eigenvalue weighted by molar-refractivity contribution is -0.149. The van der Waals surface area contributed by atoms with Gasteiger partial charge in [0.05, 0.1) is 6.10 Å². The molecular formula is C25H28BrNO6. The number of Topliss-reactive ketones (excluding diaryl/α,β-unsaturated/α-hetero) is 1. The smallest absolute Gasteiger partial charge is 0.315 e. The molecule has 5 rings (SSSR count). The van der Waals surface area contributed by atoms with E-state index in [1.54, 1.807) is 0 Å². The summed E-state index contributed by atoms with van der Waals surface area (Å²) in [6, 6.07) is 3.71. The van der Waals surface area contributed by atoms with Gasteiger partial charge in [0.15, 0.2) is 17.3 Å². The van der Waals surface area contributed by atoms with Crippen molar-refractivity contribution in [2.45, 2.75) is 58.5 Å². The number of benzene rings is 1. The second-order valence-electron chi connectivity index (χ2n) is 10.0. The van der Waals surface area contributed by atoms with Crippen LogP contribution in [0.2, 0.25) is 0 Å². The van der Waals surface area contributed by atoms with E-state index in [4.69, 9.17) is 23.9 Å². The molecule has 8 heteroatoms. The average Bonchev–Trinajstić information content (AvgIpc) is 3.41. The Kier molecular flexibility index (Phi) is 5.85. The number of ketones is 1. The molecule has 3 aliphatic heterocycles. The molecule has 0 saturated carbocycles. The highest BCUT2D eigenvalue weighted by molar-refractivity contribution is 9.10. The molecule has 0 bridgehead atoms. The number of fused-ring (bicyclic) bond motifs is 1. The zero-order chi connectivity index (χ0) is 23.3. The summed E-state index contributed by atoms with van der Waals surface area (Å²) in [5, 5.41) is 0. The molecule has 1 aromatic rings. The summed E-state index contributed by atoms with van der Waals surface area (Å²) in [7, 11) is 0. The van der Waals surface area contributed by atoms with E-state index in [2.05, 4.69) is 29.8 Å². The van der Waals surface area contributed by atoms with Crippen LogP contribution in [0.1, 0.15) is 57.9 Å². The number of rotatable bonds is 4. The number of carbonyl (C=O) groups excluding carboxylic acids is 2. The summed E-state index contributed by atoms with van der Waals surface area (Å²) in [4.78, 5) is 31.7. The lowest BCUT2D eigenvalue weighted by Crippen LogP contribution is -2.40. The fraction of sp³-hybridized carbons (Fsp3) is 0.560. The topological polar surface area (TPSA) is 83.4 Å². The summed E-state index contributed by atoms with van der Waals surface area (Å²) in [5.41, 5.74) is 2.66. The van der Waals surface area contributed by atoms with E-state index in [1.807, 2.05) is 19.1 Å². The van der Waals surface area contributed by atoms with Crippen molar-refractivity contribution >= 4 is 33.4 Å². The van der Waals surface area contributed by atoms with Crippen molar-refractivity contribution in [3.63, 3.8) is 0 Å². The van der Waals surface area contributed by atoms with Crippen LogP contribution in [0, 0.1) is 11.3 Å². The van der Waals surface area contributed by atoms with Gasteiger partial charge < -0.3 is 18.9 Å². The van der Waals surface area contributed by atoms with E-state index in [0.29, 0.717) is 42.2 Å². The number of carbonyl (C=O) groups is 2. The van der Waals surface area contributed by atoms with Crippen LogP contribution in [-0.4, -0.2) is 43.6 Å². The Morgan fingerprint density at radius 1 is 1.24 bits per heavy atom. The molecule has 176 valence electrons. The van der Waals surface area contributed by atoms with E-state index in [9.17, 15) is 9.59 Å². The Balaban J connectivity index is 1.57. The molecular weight excluding hydrogens is 490 g/mol. The van der Waals surface area contributed by atoms with Crippen molar-refractivity contribution < 1.29 is 28.5 Å². The largest absolute Gasteiger partial charge is 0.462 e. The minimum Gasteiger partial charge on any atom is -0.462 e. The van der Waals surface area contributed by atoms with E-state index < -0.39 is 11.8 Å². The standard InChI is InChI=1S/C25H28BrNO6/c1-13-21(24(29)31-11-14-5-4-6-30-14)22(15-7-19-20(8-16(15)26)33-12-32-19)23-17(27-13)9-25(2,3)10-18(23)28/h7-8,14,21-22H,4-6,9-12H2,1-3H3/t14-,21?,22+/m1/s1. The van der Waals surface area contributed by atoms with Crippen LogP contribution < -0.4 is 9.47 Å². The van der Waals surface area contributed by atoms with E-state index in [1.165, 1.54) is 0 Å². The van der Waals surface area contributed by atoms with Gasteiger partial charge in [-0.3, -0.25) is 14.6 Å². The highest BCUT2D eigenvalue weighted by atomic mass is 79.9. The van der Waals surface area contributed by atoms with Gasteiger partial charge >= 0.3 is 5.97 Å². The first-order valence-electron chi connectivity index (χ1n) is 11.4. The van der Waals surface area contributed by atoms with Crippen molar-refractivity contribution in [2.24, 2.45) is 16.3 Å². The normalized spacial score (nSPS) is 27.9. The van der Waals surface area contributed by atoms with Crippen molar-refractivity contribution in [2.75, 3.05) is 20.0 Å². The van der Waals surface area contributed by atoms with Gasteiger partial charge in [0.2, 0.25) is 6.79 Å². The number of halogens is 1. The predicted molar refractivity (Wildman–Crippen MR) is 125 cm³/mol. The average molecular weight is 518 g/mol. The molecule has 1 aromatic carbocycles. The lowest BCUT2D eigenvalue weighted by Gasteiger charge is -2.39. The van der Waals surface area contributed by atoms with Gasteiger partial charge in [0.25, 0.3) is 0 Å². The third-order valence-corrected chi connectivity index (χ3v) is 7.51. The fourth-order valence-electron chi connectivity index (χ4n) is 5.30. The third kappa shape index (κ3) is 4.23. The molecule has 0 radical (unpaired) electrons. The molecule has 3 heterocycles. The van der Waals surface area contributed by atoms with Gasteiger partial charge in [-0.15, -0.1) is 0 Å². The fourth-order valence-corrected chi connectivity index (χ4v) is 5.87. The Morgan fingerprint density at radius 2 is 2.00 bits per heavy atom. The van der Waals surface area contributed by atoms with Crippen molar-refractivity contribution in [1.29, 1.82) is 0 Å². The maximum atomic E-state index is 13.4. The molecule has 0 aromatic heterocycles. The van der Waals surface area contributed by atoms with Crippen LogP contribution in [0.25, 0.3) is 0 Å². The summed E-state index contributed by atoms with van der Waals surface area (Å²) in [5.74, 6) is -0.330. The number of hydrogen-bond acceptors (Lipinski definition) is 7. The highest BCUT2D eigenvalue weighted by Gasteiger charge is 2.47. The first kappa shape index (κ1) is 22.6. The highest BCUT2D eigenvalue weighted by Crippen LogP contribution is 2.51. The molecule has 33 heavy (non-hydrogen) atoms. The van der Waals surface area contributed by atoms with Crippen molar-refractivity contribution in [1.82, 2.24) is 0 Å². The second kappa shape index (κ2) is 8.55. The summed E-state index contributed by atoms with van der Waals surface area (Å²) in [6.45, 7) is 7.05. The lowest BCUT2D eigenvalue weighted by atomic mass is 9.67. The van der Waals surface area contributed by atoms with Crippen LogP contribution in [0.3, 0.4) is 0 Å². The number of nitrogens with zero attached hydrogens (tertiary/aromatic N) is 1. The predicted octanol–water partition coefficient (Wildman–Crippen LogP) is 4.72. The van der Waals surface area contributed by atoms with Gasteiger partial charge in [-0.25, -0.2) is 0 Å². The van der Waals surface area contributed by atoms with Crippen molar-refractivity contribution in [3.8, 4) is 11.5 Å². The van der Waals surface area contributed by atoms with E-state index in [0.717, 1.165) is 28.6 Å². The second-order valence-corrected chi connectivity index (χ2v) is 10.9. The zero-order valence-corrected chi connectivity index (χ0v) is 20.7. The number of aliphatic imine (C=N–C) groups is 1. The van der Waals surface area contributed by atoms with Gasteiger partial charge in [-0.1, -0.05) is 29.8 Å². The van der Waals surface area contributed by atoms with Crippen LogP contribution in [0.4, 0.5) is 0 Å². The summed E-state index contributed by atoms with van der Waals surface area (Å²) >= 11 is 3.65. The minimum atomic E-state index is -0.702. The van der Waals surface area contributed by atoms with Crippen LogP contribution in [-0.2, 0) is 19.1 Å². The molecule has 0 amide bonds. The van der Waals surface area contributed by atoms with Gasteiger partial charge in [0.1, 0.15) is 12.5 Å². The monoisotopic (exact) mass is 517 g/mol. The Bertz CT molecular complexity index is 1070. The molecule has 0 spiro atoms. The number of ether oxygens (including phenoxy) is 4. The Labute approximate surface area is 201 Å². The molecule has 0 N–H and O–H groups in total. The van der Waals surface area contributed by atoms with Gasteiger partial charge in [-0.05, 0) is 49.3 Å². The quantitative estimate of drug-likeness (QED) is 0.537. The molecule has 4 aliphatic rings. The molecule has 3 atom stereocenters.